The first-order valence-corrected chi connectivity index (χ1v) is 9.07. The van der Waals surface area contributed by atoms with E-state index in [1.165, 1.54) is 6.42 Å². The van der Waals surface area contributed by atoms with Crippen molar-refractivity contribution in [3.05, 3.63) is 11.4 Å². The topological polar surface area (TPSA) is 90.0 Å². The third-order valence-electron chi connectivity index (χ3n) is 4.49. The van der Waals surface area contributed by atoms with Gasteiger partial charge in [-0.25, -0.2) is 13.1 Å². The van der Waals surface area contributed by atoms with Crippen LogP contribution in [0.25, 0.3) is 0 Å². The molecule has 1 aliphatic rings. The Hall–Kier alpha value is -0.920. The molecule has 0 aliphatic heterocycles. The van der Waals surface area contributed by atoms with Crippen LogP contribution in [0.15, 0.2) is 4.90 Å². The highest BCUT2D eigenvalue weighted by atomic mass is 32.2. The monoisotopic (exact) mass is 314 g/mol. The third kappa shape index (κ3) is 3.46. The molecule has 2 rings (SSSR count). The van der Waals surface area contributed by atoms with Gasteiger partial charge in [0.1, 0.15) is 4.90 Å². The van der Waals surface area contributed by atoms with Crippen LogP contribution in [-0.4, -0.2) is 30.8 Å². The number of hydrogen-bond donors (Lipinski definition) is 2. The van der Waals surface area contributed by atoms with E-state index in [2.05, 4.69) is 9.82 Å². The Bertz CT molecular complexity index is 588. The van der Waals surface area contributed by atoms with Gasteiger partial charge in [-0.15, -0.1) is 0 Å². The highest BCUT2D eigenvalue weighted by Crippen LogP contribution is 2.27. The molecule has 1 unspecified atom stereocenters. The van der Waals surface area contributed by atoms with Gasteiger partial charge in [-0.3, -0.25) is 4.68 Å². The molecule has 1 fully saturated rings. The molecule has 0 spiro atoms. The summed E-state index contributed by atoms with van der Waals surface area (Å²) >= 11 is 0. The van der Waals surface area contributed by atoms with E-state index in [4.69, 9.17) is 5.73 Å². The summed E-state index contributed by atoms with van der Waals surface area (Å²) in [5.41, 5.74) is 7.00. The number of aryl methyl sites for hydroxylation is 2. The summed E-state index contributed by atoms with van der Waals surface area (Å²) in [6.45, 7) is 3.83. The van der Waals surface area contributed by atoms with Crippen molar-refractivity contribution in [2.24, 2.45) is 18.7 Å². The standard InChI is InChI=1S/C14H26N4O2S/c1-10-14(11(2)18(3)16-10)21(19,20)17-13(9-15)12-7-5-4-6-8-12/h12-13,17H,4-9,15H2,1-3H3. The maximum absolute atomic E-state index is 12.7. The van der Waals surface area contributed by atoms with Crippen molar-refractivity contribution >= 4 is 10.0 Å². The van der Waals surface area contributed by atoms with Gasteiger partial charge in [-0.05, 0) is 32.6 Å². The van der Waals surface area contributed by atoms with Gasteiger partial charge in [-0.2, -0.15) is 5.10 Å². The number of sulfonamides is 1. The normalized spacial score (nSPS) is 18.9. The molecule has 21 heavy (non-hydrogen) atoms. The van der Waals surface area contributed by atoms with Gasteiger partial charge in [-0.1, -0.05) is 19.3 Å². The van der Waals surface area contributed by atoms with Crippen molar-refractivity contribution < 1.29 is 8.42 Å². The van der Waals surface area contributed by atoms with E-state index in [1.54, 1.807) is 25.6 Å². The van der Waals surface area contributed by atoms with Gasteiger partial charge in [0.15, 0.2) is 0 Å². The lowest BCUT2D eigenvalue weighted by atomic mass is 9.84. The molecule has 3 N–H and O–H groups in total. The SMILES string of the molecule is Cc1nn(C)c(C)c1S(=O)(=O)NC(CN)C1CCCCC1. The fraction of sp³-hybridized carbons (Fsp3) is 0.786. The van der Waals surface area contributed by atoms with Crippen LogP contribution in [0.3, 0.4) is 0 Å². The van der Waals surface area contributed by atoms with Gasteiger partial charge in [0, 0.05) is 19.6 Å². The zero-order chi connectivity index (χ0) is 15.6. The molecule has 0 amide bonds. The Morgan fingerprint density at radius 1 is 1.33 bits per heavy atom. The van der Waals surface area contributed by atoms with Crippen LogP contribution < -0.4 is 10.5 Å². The van der Waals surface area contributed by atoms with E-state index in [0.717, 1.165) is 25.7 Å². The van der Waals surface area contributed by atoms with Crippen molar-refractivity contribution in [3.63, 3.8) is 0 Å². The Balaban J connectivity index is 2.22. The Kier molecular flexibility index (Phi) is 5.06. The van der Waals surface area contributed by atoms with Gasteiger partial charge in [0.05, 0.1) is 11.4 Å². The summed E-state index contributed by atoms with van der Waals surface area (Å²) in [7, 11) is -1.82. The van der Waals surface area contributed by atoms with Gasteiger partial charge in [0.25, 0.3) is 0 Å². The van der Waals surface area contributed by atoms with Crippen molar-refractivity contribution in [3.8, 4) is 0 Å². The molecule has 1 aromatic rings. The summed E-state index contributed by atoms with van der Waals surface area (Å²) < 4.78 is 29.8. The van der Waals surface area contributed by atoms with Crippen LogP contribution in [0.2, 0.25) is 0 Å². The van der Waals surface area contributed by atoms with Crippen molar-refractivity contribution in [2.75, 3.05) is 6.54 Å². The van der Waals surface area contributed by atoms with Crippen LogP contribution in [0, 0.1) is 19.8 Å². The van der Waals surface area contributed by atoms with Gasteiger partial charge in [0.2, 0.25) is 10.0 Å². The Morgan fingerprint density at radius 2 is 1.95 bits per heavy atom. The number of nitrogens with one attached hydrogen (secondary N) is 1. The molecule has 7 heteroatoms. The van der Waals surface area contributed by atoms with Crippen LogP contribution >= 0.6 is 0 Å². The first-order valence-electron chi connectivity index (χ1n) is 7.59. The molecule has 1 atom stereocenters. The minimum Gasteiger partial charge on any atom is -0.329 e. The maximum atomic E-state index is 12.7. The van der Waals surface area contributed by atoms with Crippen molar-refractivity contribution in [1.82, 2.24) is 14.5 Å². The molecule has 0 bridgehead atoms. The quantitative estimate of drug-likeness (QED) is 0.855. The van der Waals surface area contributed by atoms with Crippen molar-refractivity contribution in [1.29, 1.82) is 0 Å². The summed E-state index contributed by atoms with van der Waals surface area (Å²) in [5, 5.41) is 4.19. The Morgan fingerprint density at radius 3 is 2.43 bits per heavy atom. The highest BCUT2D eigenvalue weighted by molar-refractivity contribution is 7.89. The molecule has 0 saturated heterocycles. The molecule has 0 aromatic carbocycles. The number of nitrogens with zero attached hydrogens (tertiary/aromatic N) is 2. The van der Waals surface area contributed by atoms with Crippen LogP contribution in [0.5, 0.6) is 0 Å². The molecular weight excluding hydrogens is 288 g/mol. The molecular formula is C14H26N4O2S. The van der Waals surface area contributed by atoms with E-state index >= 15 is 0 Å². The molecule has 6 nitrogen and oxygen atoms in total. The predicted octanol–water partition coefficient (Wildman–Crippen LogP) is 1.22. The fourth-order valence-electron chi connectivity index (χ4n) is 3.27. The van der Waals surface area contributed by atoms with Crippen LogP contribution in [0.1, 0.15) is 43.5 Å². The maximum Gasteiger partial charge on any atom is 0.244 e. The minimum atomic E-state index is -3.57. The second kappa shape index (κ2) is 6.46. The summed E-state index contributed by atoms with van der Waals surface area (Å²) in [6, 6.07) is -0.186. The summed E-state index contributed by atoms with van der Waals surface area (Å²) in [4.78, 5) is 0.291. The lowest BCUT2D eigenvalue weighted by Crippen LogP contribution is -2.46. The second-order valence-electron chi connectivity index (χ2n) is 5.99. The third-order valence-corrected chi connectivity index (χ3v) is 6.23. The zero-order valence-corrected chi connectivity index (χ0v) is 13.9. The van der Waals surface area contributed by atoms with Gasteiger partial charge >= 0.3 is 0 Å². The first kappa shape index (κ1) is 16.5. The molecule has 1 saturated carbocycles. The molecule has 0 radical (unpaired) electrons. The second-order valence-corrected chi connectivity index (χ2v) is 7.64. The largest absolute Gasteiger partial charge is 0.329 e. The lowest BCUT2D eigenvalue weighted by Gasteiger charge is -2.29. The summed E-state index contributed by atoms with van der Waals surface area (Å²) in [5.74, 6) is 0.343. The molecule has 1 aliphatic carbocycles. The van der Waals surface area contributed by atoms with E-state index in [-0.39, 0.29) is 6.04 Å². The summed E-state index contributed by atoms with van der Waals surface area (Å²) in [6.07, 6.45) is 5.66. The number of hydrogen-bond acceptors (Lipinski definition) is 4. The van der Waals surface area contributed by atoms with Crippen LogP contribution in [0.4, 0.5) is 0 Å². The van der Waals surface area contributed by atoms with E-state index in [9.17, 15) is 8.42 Å². The van der Waals surface area contributed by atoms with Crippen molar-refractivity contribution in [2.45, 2.75) is 56.9 Å². The van der Waals surface area contributed by atoms with Gasteiger partial charge < -0.3 is 5.73 Å². The number of nitrogens with two attached hydrogens (primary N) is 1. The fourth-order valence-corrected chi connectivity index (χ4v) is 5.03. The zero-order valence-electron chi connectivity index (χ0n) is 13.1. The minimum absolute atomic E-state index is 0.186. The smallest absolute Gasteiger partial charge is 0.244 e. The number of aromatic nitrogens is 2. The van der Waals surface area contributed by atoms with E-state index in [1.807, 2.05) is 0 Å². The lowest BCUT2D eigenvalue weighted by molar-refractivity contribution is 0.294. The number of rotatable bonds is 5. The molecule has 120 valence electrons. The van der Waals surface area contributed by atoms with Crippen LogP contribution in [-0.2, 0) is 17.1 Å². The average molecular weight is 314 g/mol. The Labute approximate surface area is 127 Å². The first-order chi connectivity index (χ1) is 9.86. The highest BCUT2D eigenvalue weighted by Gasteiger charge is 2.30. The van der Waals surface area contributed by atoms with E-state index < -0.39 is 10.0 Å². The van der Waals surface area contributed by atoms with E-state index in [0.29, 0.717) is 28.7 Å². The average Bonchev–Trinajstić information content (AvgIpc) is 2.71. The molecule has 1 aromatic heterocycles. The predicted molar refractivity (Wildman–Crippen MR) is 82.4 cm³/mol. The molecule has 1 heterocycles.